The molecule has 15 heavy (non-hydrogen) atoms. The molecule has 0 aliphatic heterocycles. The van der Waals surface area contributed by atoms with Crippen LogP contribution in [0.2, 0.25) is 5.02 Å². The van der Waals surface area contributed by atoms with Crippen molar-refractivity contribution in [2.24, 2.45) is 0 Å². The zero-order valence-electron chi connectivity index (χ0n) is 7.61. The fraction of sp³-hybridized carbons (Fsp3) is 0.100. The summed E-state index contributed by atoms with van der Waals surface area (Å²) in [6.45, 7) is 0.262. The van der Waals surface area contributed by atoms with Gasteiger partial charge in [0, 0.05) is 12.1 Å². The van der Waals surface area contributed by atoms with E-state index in [1.54, 1.807) is 6.07 Å². The van der Waals surface area contributed by atoms with Gasteiger partial charge in [-0.15, -0.1) is 0 Å². The first-order chi connectivity index (χ1) is 7.25. The van der Waals surface area contributed by atoms with Gasteiger partial charge in [-0.1, -0.05) is 16.8 Å². The van der Waals surface area contributed by atoms with Gasteiger partial charge >= 0.3 is 0 Å². The van der Waals surface area contributed by atoms with Crippen LogP contribution in [-0.4, -0.2) is 5.16 Å². The monoisotopic (exact) mass is 227 g/mol. The lowest BCUT2D eigenvalue weighted by Crippen LogP contribution is -1.95. The quantitative estimate of drug-likeness (QED) is 0.809. The van der Waals surface area contributed by atoms with Crippen LogP contribution in [0.5, 0.6) is 5.75 Å². The molecule has 5 heteroatoms. The van der Waals surface area contributed by atoms with E-state index in [2.05, 4.69) is 9.68 Å². The predicted molar refractivity (Wildman–Crippen MR) is 52.2 cm³/mol. The molecule has 0 aliphatic rings. The van der Waals surface area contributed by atoms with E-state index >= 15 is 0 Å². The molecular formula is C10H7ClFNO2. The van der Waals surface area contributed by atoms with Crippen LogP contribution in [-0.2, 0) is 6.61 Å². The molecule has 0 saturated heterocycles. The maximum Gasteiger partial charge on any atom is 0.142 e. The molecule has 1 aromatic carbocycles. The standard InChI is InChI=1S/C10H7ClFNO2/c11-9-5-8(1-2-10(9)12)14-6-7-3-4-15-13-7/h1-5H,6H2. The van der Waals surface area contributed by atoms with Crippen LogP contribution in [0.3, 0.4) is 0 Å². The minimum absolute atomic E-state index is 0.0349. The Labute approximate surface area is 90.4 Å². The fourth-order valence-electron chi connectivity index (χ4n) is 1.04. The second-order valence-electron chi connectivity index (χ2n) is 2.86. The summed E-state index contributed by atoms with van der Waals surface area (Å²) in [7, 11) is 0. The van der Waals surface area contributed by atoms with Crippen molar-refractivity contribution in [1.82, 2.24) is 5.16 Å². The third kappa shape index (κ3) is 2.47. The Hall–Kier alpha value is -1.55. The van der Waals surface area contributed by atoms with Gasteiger partial charge < -0.3 is 9.26 Å². The Morgan fingerprint density at radius 1 is 1.40 bits per heavy atom. The molecule has 1 heterocycles. The summed E-state index contributed by atoms with van der Waals surface area (Å²) in [5.41, 5.74) is 0.662. The first kappa shape index (κ1) is 9.98. The Balaban J connectivity index is 2.02. The first-order valence-corrected chi connectivity index (χ1v) is 4.60. The third-order valence-electron chi connectivity index (χ3n) is 1.77. The highest BCUT2D eigenvalue weighted by atomic mass is 35.5. The lowest BCUT2D eigenvalue weighted by molar-refractivity contribution is 0.289. The van der Waals surface area contributed by atoms with Gasteiger partial charge in [-0.3, -0.25) is 0 Å². The van der Waals surface area contributed by atoms with Crippen molar-refractivity contribution < 1.29 is 13.7 Å². The fourth-order valence-corrected chi connectivity index (χ4v) is 1.21. The molecule has 0 fully saturated rings. The van der Waals surface area contributed by atoms with Gasteiger partial charge in [-0.25, -0.2) is 4.39 Å². The van der Waals surface area contributed by atoms with Crippen LogP contribution >= 0.6 is 11.6 Å². The summed E-state index contributed by atoms with van der Waals surface area (Å²) in [6, 6.07) is 5.85. The summed E-state index contributed by atoms with van der Waals surface area (Å²) >= 11 is 5.59. The summed E-state index contributed by atoms with van der Waals surface area (Å²) in [4.78, 5) is 0. The van der Waals surface area contributed by atoms with Crippen molar-refractivity contribution in [2.45, 2.75) is 6.61 Å². The molecule has 0 unspecified atom stereocenters. The minimum Gasteiger partial charge on any atom is -0.487 e. The average molecular weight is 228 g/mol. The van der Waals surface area contributed by atoms with Crippen LogP contribution in [0.4, 0.5) is 4.39 Å². The van der Waals surface area contributed by atoms with Crippen molar-refractivity contribution >= 4 is 11.6 Å². The molecule has 1 aromatic heterocycles. The smallest absolute Gasteiger partial charge is 0.142 e. The molecule has 0 radical (unpaired) electrons. The second kappa shape index (κ2) is 4.31. The number of hydrogen-bond donors (Lipinski definition) is 0. The maximum atomic E-state index is 12.8. The van der Waals surface area contributed by atoms with Crippen molar-refractivity contribution in [3.63, 3.8) is 0 Å². The van der Waals surface area contributed by atoms with E-state index in [0.29, 0.717) is 11.4 Å². The Kier molecular flexibility index (Phi) is 2.87. The molecule has 0 aliphatic carbocycles. The molecule has 3 nitrogen and oxygen atoms in total. The Morgan fingerprint density at radius 3 is 2.93 bits per heavy atom. The summed E-state index contributed by atoms with van der Waals surface area (Å²) in [5, 5.41) is 3.70. The molecule has 0 amide bonds. The van der Waals surface area contributed by atoms with Gasteiger partial charge in [0.25, 0.3) is 0 Å². The molecule has 0 atom stereocenters. The third-order valence-corrected chi connectivity index (χ3v) is 2.06. The van der Waals surface area contributed by atoms with E-state index in [1.807, 2.05) is 0 Å². The van der Waals surface area contributed by atoms with Crippen LogP contribution in [0.15, 0.2) is 35.1 Å². The van der Waals surface area contributed by atoms with Gasteiger partial charge in [0.05, 0.1) is 5.02 Å². The van der Waals surface area contributed by atoms with Gasteiger partial charge in [-0.05, 0) is 12.1 Å². The number of aromatic nitrogens is 1. The average Bonchev–Trinajstić information content (AvgIpc) is 2.73. The molecule has 0 N–H and O–H groups in total. The van der Waals surface area contributed by atoms with E-state index in [4.69, 9.17) is 16.3 Å². The first-order valence-electron chi connectivity index (χ1n) is 4.23. The largest absolute Gasteiger partial charge is 0.487 e. The minimum atomic E-state index is -0.467. The van der Waals surface area contributed by atoms with Gasteiger partial charge in [0.2, 0.25) is 0 Å². The maximum absolute atomic E-state index is 12.8. The lowest BCUT2D eigenvalue weighted by atomic mass is 10.3. The second-order valence-corrected chi connectivity index (χ2v) is 3.26. The van der Waals surface area contributed by atoms with E-state index < -0.39 is 5.82 Å². The molecule has 2 aromatic rings. The summed E-state index contributed by atoms with van der Waals surface area (Å²) in [5.74, 6) is 0.0230. The highest BCUT2D eigenvalue weighted by Gasteiger charge is 2.02. The molecule has 0 spiro atoms. The molecule has 0 bridgehead atoms. The molecular weight excluding hydrogens is 221 g/mol. The van der Waals surface area contributed by atoms with E-state index in [-0.39, 0.29) is 11.6 Å². The molecule has 0 saturated carbocycles. The zero-order chi connectivity index (χ0) is 10.7. The lowest BCUT2D eigenvalue weighted by Gasteiger charge is -2.04. The number of benzene rings is 1. The molecule has 78 valence electrons. The van der Waals surface area contributed by atoms with Gasteiger partial charge in [-0.2, -0.15) is 0 Å². The number of nitrogens with zero attached hydrogens (tertiary/aromatic N) is 1. The van der Waals surface area contributed by atoms with Crippen LogP contribution in [0.1, 0.15) is 5.69 Å². The van der Waals surface area contributed by atoms with Crippen LogP contribution < -0.4 is 4.74 Å². The van der Waals surface area contributed by atoms with Crippen LogP contribution in [0, 0.1) is 5.82 Å². The predicted octanol–water partition coefficient (Wildman–Crippen LogP) is 3.05. The Bertz CT molecular complexity index is 445. The zero-order valence-corrected chi connectivity index (χ0v) is 8.37. The van der Waals surface area contributed by atoms with E-state index in [0.717, 1.165) is 0 Å². The van der Waals surface area contributed by atoms with Crippen molar-refractivity contribution in [3.8, 4) is 5.75 Å². The normalized spacial score (nSPS) is 10.3. The number of hydrogen-bond acceptors (Lipinski definition) is 3. The number of halogens is 2. The van der Waals surface area contributed by atoms with Crippen LogP contribution in [0.25, 0.3) is 0 Å². The van der Waals surface area contributed by atoms with Crippen molar-refractivity contribution in [2.75, 3.05) is 0 Å². The highest BCUT2D eigenvalue weighted by Crippen LogP contribution is 2.21. The van der Waals surface area contributed by atoms with Crippen molar-refractivity contribution in [3.05, 3.63) is 47.1 Å². The van der Waals surface area contributed by atoms with Gasteiger partial charge in [0.1, 0.15) is 30.1 Å². The SMILES string of the molecule is Fc1ccc(OCc2ccon2)cc1Cl. The molecule has 2 rings (SSSR count). The number of rotatable bonds is 3. The van der Waals surface area contributed by atoms with Crippen molar-refractivity contribution in [1.29, 1.82) is 0 Å². The van der Waals surface area contributed by atoms with E-state index in [9.17, 15) is 4.39 Å². The highest BCUT2D eigenvalue weighted by molar-refractivity contribution is 6.30. The number of ether oxygens (including phenoxy) is 1. The summed E-state index contributed by atoms with van der Waals surface area (Å²) in [6.07, 6.45) is 1.45. The van der Waals surface area contributed by atoms with Gasteiger partial charge in [0.15, 0.2) is 0 Å². The topological polar surface area (TPSA) is 35.3 Å². The summed E-state index contributed by atoms with van der Waals surface area (Å²) < 4.78 is 22.7. The Morgan fingerprint density at radius 2 is 2.27 bits per heavy atom. The van der Waals surface area contributed by atoms with E-state index in [1.165, 1.54) is 24.5 Å².